The number of ether oxygens (including phenoxy) is 2. The molecule has 0 aliphatic rings. The van der Waals surface area contributed by atoms with E-state index >= 15 is 0 Å². The predicted molar refractivity (Wildman–Crippen MR) is 79.2 cm³/mol. The van der Waals surface area contributed by atoms with Crippen molar-refractivity contribution in [2.75, 3.05) is 14.2 Å². The molecule has 0 spiro atoms. The van der Waals surface area contributed by atoms with Gasteiger partial charge in [-0.1, -0.05) is 18.2 Å². The molecule has 2 rings (SSSR count). The van der Waals surface area contributed by atoms with Crippen molar-refractivity contribution in [1.29, 1.82) is 0 Å². The van der Waals surface area contributed by atoms with Crippen molar-refractivity contribution >= 4 is 0 Å². The van der Waals surface area contributed by atoms with E-state index in [1.165, 1.54) is 13.2 Å². The molecule has 2 aromatic carbocycles. The van der Waals surface area contributed by atoms with E-state index in [4.69, 9.17) is 9.47 Å². The topological polar surface area (TPSA) is 38.7 Å². The second-order valence-corrected chi connectivity index (χ2v) is 5.11. The Labute approximate surface area is 124 Å². The fourth-order valence-corrected chi connectivity index (χ4v) is 2.34. The summed E-state index contributed by atoms with van der Waals surface area (Å²) in [5.41, 5.74) is -0.262. The second-order valence-electron chi connectivity index (χ2n) is 5.11. The molecule has 0 saturated heterocycles. The molecule has 0 radical (unpaired) electrons. The molecule has 1 unspecified atom stereocenters. The lowest BCUT2D eigenvalue weighted by molar-refractivity contribution is 0.0538. The van der Waals surface area contributed by atoms with Crippen LogP contribution >= 0.6 is 0 Å². The third-order valence-corrected chi connectivity index (χ3v) is 3.48. The van der Waals surface area contributed by atoms with Crippen LogP contribution in [0.4, 0.5) is 4.39 Å². The summed E-state index contributed by atoms with van der Waals surface area (Å²) in [5.74, 6) is 0.816. The van der Waals surface area contributed by atoms with E-state index in [1.807, 2.05) is 0 Å². The first-order valence-electron chi connectivity index (χ1n) is 6.66. The molecule has 3 nitrogen and oxygen atoms in total. The minimum absolute atomic E-state index is 0.142. The average Bonchev–Trinajstić information content (AvgIpc) is 2.48. The molecule has 1 N–H and O–H groups in total. The number of benzene rings is 2. The first-order valence-corrected chi connectivity index (χ1v) is 6.66. The number of halogens is 1. The Hall–Kier alpha value is -2.07. The van der Waals surface area contributed by atoms with Crippen molar-refractivity contribution in [3.63, 3.8) is 0 Å². The quantitative estimate of drug-likeness (QED) is 0.918. The van der Waals surface area contributed by atoms with E-state index in [1.54, 1.807) is 50.4 Å². The molecule has 0 saturated carbocycles. The Bertz CT molecular complexity index is 623. The van der Waals surface area contributed by atoms with Crippen LogP contribution in [-0.2, 0) is 12.0 Å². The van der Waals surface area contributed by atoms with Crippen LogP contribution in [0.1, 0.15) is 18.1 Å². The molecule has 1 atom stereocenters. The van der Waals surface area contributed by atoms with Crippen LogP contribution in [0.15, 0.2) is 42.5 Å². The molecule has 21 heavy (non-hydrogen) atoms. The van der Waals surface area contributed by atoms with E-state index < -0.39 is 5.60 Å². The van der Waals surface area contributed by atoms with Gasteiger partial charge in [-0.25, -0.2) is 4.39 Å². The molecule has 0 bridgehead atoms. The molecular formula is C17H19FO3. The van der Waals surface area contributed by atoms with Crippen molar-refractivity contribution in [3.05, 3.63) is 59.4 Å². The number of aliphatic hydroxyl groups is 1. The maximum Gasteiger partial charge on any atom is 0.126 e. The fraction of sp³-hybridized carbons (Fsp3) is 0.294. The molecular weight excluding hydrogens is 271 g/mol. The van der Waals surface area contributed by atoms with Gasteiger partial charge < -0.3 is 14.6 Å². The zero-order valence-electron chi connectivity index (χ0n) is 12.4. The molecule has 0 aliphatic carbocycles. The SMILES string of the molecule is COc1ccc(OC)c(C(C)(O)Cc2ccccc2F)c1. The third kappa shape index (κ3) is 3.34. The predicted octanol–water partition coefficient (Wildman–Crippen LogP) is 3.29. The molecule has 2 aromatic rings. The van der Waals surface area contributed by atoms with Crippen molar-refractivity contribution in [2.45, 2.75) is 18.9 Å². The van der Waals surface area contributed by atoms with Crippen LogP contribution in [0.5, 0.6) is 11.5 Å². The highest BCUT2D eigenvalue weighted by molar-refractivity contribution is 5.44. The molecule has 112 valence electrons. The first-order chi connectivity index (χ1) is 9.97. The summed E-state index contributed by atoms with van der Waals surface area (Å²) in [4.78, 5) is 0. The Morgan fingerprint density at radius 1 is 1.10 bits per heavy atom. The summed E-state index contributed by atoms with van der Waals surface area (Å²) >= 11 is 0. The molecule has 0 amide bonds. The smallest absolute Gasteiger partial charge is 0.126 e. The van der Waals surface area contributed by atoms with Gasteiger partial charge in [0.15, 0.2) is 0 Å². The summed E-state index contributed by atoms with van der Waals surface area (Å²) < 4.78 is 24.3. The molecule has 4 heteroatoms. The van der Waals surface area contributed by atoms with Crippen molar-refractivity contribution in [2.24, 2.45) is 0 Å². The maximum atomic E-state index is 13.8. The van der Waals surface area contributed by atoms with Crippen LogP contribution in [-0.4, -0.2) is 19.3 Å². The van der Waals surface area contributed by atoms with Gasteiger partial charge in [0, 0.05) is 12.0 Å². The van der Waals surface area contributed by atoms with Crippen LogP contribution in [0.2, 0.25) is 0 Å². The molecule has 0 aromatic heterocycles. The van der Waals surface area contributed by atoms with Crippen molar-refractivity contribution in [1.82, 2.24) is 0 Å². The van der Waals surface area contributed by atoms with Crippen LogP contribution < -0.4 is 9.47 Å². The Morgan fingerprint density at radius 2 is 1.81 bits per heavy atom. The van der Waals surface area contributed by atoms with Gasteiger partial charge in [0.05, 0.1) is 19.8 Å². The minimum Gasteiger partial charge on any atom is -0.497 e. The van der Waals surface area contributed by atoms with Gasteiger partial charge in [0.1, 0.15) is 17.3 Å². The largest absolute Gasteiger partial charge is 0.497 e. The van der Waals surface area contributed by atoms with Gasteiger partial charge >= 0.3 is 0 Å². The molecule has 0 heterocycles. The van der Waals surface area contributed by atoms with Gasteiger partial charge in [0.25, 0.3) is 0 Å². The van der Waals surface area contributed by atoms with E-state index in [-0.39, 0.29) is 12.2 Å². The van der Waals surface area contributed by atoms with Crippen LogP contribution in [0, 0.1) is 5.82 Å². The summed E-state index contributed by atoms with van der Waals surface area (Å²) in [6.45, 7) is 1.64. The minimum atomic E-state index is -1.28. The lowest BCUT2D eigenvalue weighted by atomic mass is 9.88. The summed E-state index contributed by atoms with van der Waals surface area (Å²) in [5, 5.41) is 10.8. The first kappa shape index (κ1) is 15.3. The van der Waals surface area contributed by atoms with Gasteiger partial charge in [-0.05, 0) is 36.8 Å². The lowest BCUT2D eigenvalue weighted by Crippen LogP contribution is -2.25. The van der Waals surface area contributed by atoms with E-state index in [0.717, 1.165) is 0 Å². The van der Waals surface area contributed by atoms with E-state index in [2.05, 4.69) is 0 Å². The highest BCUT2D eigenvalue weighted by Crippen LogP contribution is 2.35. The maximum absolute atomic E-state index is 13.8. The lowest BCUT2D eigenvalue weighted by Gasteiger charge is -2.26. The number of methoxy groups -OCH3 is 2. The van der Waals surface area contributed by atoms with E-state index in [9.17, 15) is 9.50 Å². The Morgan fingerprint density at radius 3 is 2.43 bits per heavy atom. The summed E-state index contributed by atoms with van der Waals surface area (Å²) in [6.07, 6.45) is 0.142. The average molecular weight is 290 g/mol. The highest BCUT2D eigenvalue weighted by Gasteiger charge is 2.29. The number of hydrogen-bond donors (Lipinski definition) is 1. The van der Waals surface area contributed by atoms with Gasteiger partial charge in [-0.2, -0.15) is 0 Å². The third-order valence-electron chi connectivity index (χ3n) is 3.48. The van der Waals surface area contributed by atoms with Crippen LogP contribution in [0.25, 0.3) is 0 Å². The molecule has 0 aliphatic heterocycles. The number of hydrogen-bond acceptors (Lipinski definition) is 3. The van der Waals surface area contributed by atoms with Crippen LogP contribution in [0.3, 0.4) is 0 Å². The summed E-state index contributed by atoms with van der Waals surface area (Å²) in [6, 6.07) is 11.6. The highest BCUT2D eigenvalue weighted by atomic mass is 19.1. The standard InChI is InChI=1S/C17H19FO3/c1-17(19,11-12-6-4-5-7-15(12)18)14-10-13(20-2)8-9-16(14)21-3/h4-10,19H,11H2,1-3H3. The monoisotopic (exact) mass is 290 g/mol. The zero-order chi connectivity index (χ0) is 15.5. The van der Waals surface area contributed by atoms with Crippen molar-refractivity contribution < 1.29 is 19.0 Å². The fourth-order valence-electron chi connectivity index (χ4n) is 2.34. The van der Waals surface area contributed by atoms with Gasteiger partial charge in [-0.15, -0.1) is 0 Å². The number of rotatable bonds is 5. The van der Waals surface area contributed by atoms with E-state index in [0.29, 0.717) is 22.6 Å². The van der Waals surface area contributed by atoms with Crippen molar-refractivity contribution in [3.8, 4) is 11.5 Å². The molecule has 0 fully saturated rings. The second kappa shape index (κ2) is 6.14. The normalized spacial score (nSPS) is 13.6. The Kier molecular flexibility index (Phi) is 4.48. The Balaban J connectivity index is 2.41. The zero-order valence-corrected chi connectivity index (χ0v) is 12.4. The van der Waals surface area contributed by atoms with Gasteiger partial charge in [0.2, 0.25) is 0 Å². The van der Waals surface area contributed by atoms with Gasteiger partial charge in [-0.3, -0.25) is 0 Å². The summed E-state index contributed by atoms with van der Waals surface area (Å²) in [7, 11) is 3.08.